The van der Waals surface area contributed by atoms with E-state index in [1.165, 1.54) is 12.3 Å². The van der Waals surface area contributed by atoms with E-state index in [0.717, 1.165) is 0 Å². The van der Waals surface area contributed by atoms with E-state index in [1.807, 2.05) is 0 Å². The number of benzene rings is 1. The molecule has 2 rings (SSSR count). The summed E-state index contributed by atoms with van der Waals surface area (Å²) in [6.07, 6.45) is 3.11. The summed E-state index contributed by atoms with van der Waals surface area (Å²) in [6.45, 7) is 0. The van der Waals surface area contributed by atoms with E-state index < -0.39 is 5.97 Å². The Hall–Kier alpha value is -2.30. The van der Waals surface area contributed by atoms with Gasteiger partial charge in [-0.05, 0) is 6.07 Å². The van der Waals surface area contributed by atoms with Gasteiger partial charge in [-0.25, -0.2) is 9.78 Å². The molecule has 15 heavy (non-hydrogen) atoms. The maximum atomic E-state index is 10.9. The highest BCUT2D eigenvalue weighted by Gasteiger charge is 2.17. The third-order valence-electron chi connectivity index (χ3n) is 2.01. The van der Waals surface area contributed by atoms with Crippen molar-refractivity contribution < 1.29 is 15.0 Å². The normalized spacial score (nSPS) is 10.1. The molecule has 5 nitrogen and oxygen atoms in total. The van der Waals surface area contributed by atoms with Crippen molar-refractivity contribution in [3.05, 3.63) is 36.2 Å². The molecule has 0 unspecified atom stereocenters. The number of aromatic nitrogens is 2. The van der Waals surface area contributed by atoms with Gasteiger partial charge in [-0.15, -0.1) is 0 Å². The van der Waals surface area contributed by atoms with Gasteiger partial charge in [0.25, 0.3) is 0 Å². The number of rotatable bonds is 2. The second kappa shape index (κ2) is 3.45. The highest BCUT2D eigenvalue weighted by molar-refractivity contribution is 5.97. The summed E-state index contributed by atoms with van der Waals surface area (Å²) < 4.78 is 0. The van der Waals surface area contributed by atoms with Crippen LogP contribution in [0.4, 0.5) is 0 Å². The summed E-state index contributed by atoms with van der Waals surface area (Å²) in [5, 5.41) is 18.4. The third-order valence-corrected chi connectivity index (χ3v) is 2.01. The van der Waals surface area contributed by atoms with Crippen LogP contribution in [0.15, 0.2) is 30.6 Å². The van der Waals surface area contributed by atoms with E-state index in [4.69, 9.17) is 5.11 Å². The van der Waals surface area contributed by atoms with E-state index in [0.29, 0.717) is 11.4 Å². The minimum Gasteiger partial charge on any atom is -0.507 e. The molecule has 2 aromatic rings. The van der Waals surface area contributed by atoms with Gasteiger partial charge in [0.15, 0.2) is 0 Å². The van der Waals surface area contributed by atoms with E-state index >= 15 is 0 Å². The number of aromatic hydroxyl groups is 1. The highest BCUT2D eigenvalue weighted by atomic mass is 16.4. The van der Waals surface area contributed by atoms with Crippen LogP contribution in [-0.4, -0.2) is 26.2 Å². The molecule has 0 aliphatic heterocycles. The molecule has 0 aliphatic carbocycles. The molecular formula is C10H8N2O3. The Bertz CT molecular complexity index is 491. The molecule has 0 amide bonds. The van der Waals surface area contributed by atoms with E-state index in [1.54, 1.807) is 18.3 Å². The van der Waals surface area contributed by atoms with Crippen molar-refractivity contribution in [1.29, 1.82) is 0 Å². The van der Waals surface area contributed by atoms with Crippen LogP contribution in [0, 0.1) is 0 Å². The first-order valence-electron chi connectivity index (χ1n) is 4.25. The number of nitrogens with one attached hydrogen (secondary N) is 1. The summed E-state index contributed by atoms with van der Waals surface area (Å²) in [7, 11) is 0. The molecule has 0 bridgehead atoms. The number of nitrogens with zero attached hydrogens (tertiary/aromatic N) is 1. The fourth-order valence-corrected chi connectivity index (χ4v) is 1.37. The standard InChI is InChI=1S/C10H8N2O3/c13-7-3-1-2-6(8(7)10(14)15)9-11-4-5-12-9/h1-5,13H,(H,11,12)(H,14,15). The van der Waals surface area contributed by atoms with Crippen LogP contribution in [-0.2, 0) is 0 Å². The number of aromatic amines is 1. The van der Waals surface area contributed by atoms with Gasteiger partial charge < -0.3 is 15.2 Å². The summed E-state index contributed by atoms with van der Waals surface area (Å²) in [5.41, 5.74) is 0.222. The number of carboxylic acids is 1. The zero-order valence-electron chi connectivity index (χ0n) is 7.64. The first-order valence-corrected chi connectivity index (χ1v) is 4.25. The molecular weight excluding hydrogens is 196 g/mol. The maximum Gasteiger partial charge on any atom is 0.340 e. The average Bonchev–Trinajstić information content (AvgIpc) is 2.69. The second-order valence-electron chi connectivity index (χ2n) is 2.94. The molecule has 0 aliphatic rings. The lowest BCUT2D eigenvalue weighted by molar-refractivity contribution is 0.0694. The molecule has 5 heteroatoms. The number of hydrogen-bond acceptors (Lipinski definition) is 3. The molecule has 0 fully saturated rings. The van der Waals surface area contributed by atoms with Gasteiger partial charge in [0, 0.05) is 18.0 Å². The van der Waals surface area contributed by atoms with E-state index in [2.05, 4.69) is 9.97 Å². The first-order chi connectivity index (χ1) is 7.20. The fraction of sp³-hybridized carbons (Fsp3) is 0. The molecule has 1 aromatic carbocycles. The van der Waals surface area contributed by atoms with Crippen LogP contribution in [0.2, 0.25) is 0 Å². The predicted molar refractivity (Wildman–Crippen MR) is 52.6 cm³/mol. The van der Waals surface area contributed by atoms with Crippen molar-refractivity contribution in [2.45, 2.75) is 0 Å². The molecule has 0 radical (unpaired) electrons. The van der Waals surface area contributed by atoms with E-state index in [-0.39, 0.29) is 11.3 Å². The molecule has 1 heterocycles. The minimum absolute atomic E-state index is 0.146. The smallest absolute Gasteiger partial charge is 0.340 e. The second-order valence-corrected chi connectivity index (χ2v) is 2.94. The molecule has 0 atom stereocenters. The van der Waals surface area contributed by atoms with Gasteiger partial charge in [0.2, 0.25) is 0 Å². The summed E-state index contributed by atoms with van der Waals surface area (Å²) >= 11 is 0. The minimum atomic E-state index is -1.18. The average molecular weight is 204 g/mol. The Morgan fingerprint density at radius 2 is 2.20 bits per heavy atom. The molecule has 0 spiro atoms. The van der Waals surface area contributed by atoms with Crippen molar-refractivity contribution in [3.8, 4) is 17.1 Å². The van der Waals surface area contributed by atoms with Crippen molar-refractivity contribution in [2.24, 2.45) is 0 Å². The van der Waals surface area contributed by atoms with Gasteiger partial charge in [0.1, 0.15) is 17.1 Å². The van der Waals surface area contributed by atoms with Crippen LogP contribution >= 0.6 is 0 Å². The Balaban J connectivity index is 2.66. The third kappa shape index (κ3) is 1.54. The zero-order chi connectivity index (χ0) is 10.8. The van der Waals surface area contributed by atoms with Crippen molar-refractivity contribution in [3.63, 3.8) is 0 Å². The van der Waals surface area contributed by atoms with Crippen molar-refractivity contribution in [2.75, 3.05) is 0 Å². The van der Waals surface area contributed by atoms with Crippen LogP contribution in [0.3, 0.4) is 0 Å². The molecule has 1 aromatic heterocycles. The summed E-state index contributed by atoms with van der Waals surface area (Å²) in [4.78, 5) is 17.7. The number of phenols is 1. The SMILES string of the molecule is O=C(O)c1c(O)cccc1-c1ncc[nH]1. The van der Waals surface area contributed by atoms with Gasteiger partial charge in [0.05, 0.1) is 0 Å². The fourth-order valence-electron chi connectivity index (χ4n) is 1.37. The first kappa shape index (κ1) is 9.26. The molecule has 76 valence electrons. The van der Waals surface area contributed by atoms with Crippen LogP contribution in [0.1, 0.15) is 10.4 Å². The van der Waals surface area contributed by atoms with Gasteiger partial charge in [-0.3, -0.25) is 0 Å². The Morgan fingerprint density at radius 1 is 1.40 bits per heavy atom. The highest BCUT2D eigenvalue weighted by Crippen LogP contribution is 2.27. The van der Waals surface area contributed by atoms with Gasteiger partial charge >= 0.3 is 5.97 Å². The number of carbonyl (C=O) groups is 1. The van der Waals surface area contributed by atoms with Crippen LogP contribution in [0.25, 0.3) is 11.4 Å². The Labute approximate surface area is 85.0 Å². The maximum absolute atomic E-state index is 10.9. The molecule has 3 N–H and O–H groups in total. The quantitative estimate of drug-likeness (QED) is 0.691. The molecule has 0 saturated carbocycles. The van der Waals surface area contributed by atoms with Crippen LogP contribution < -0.4 is 0 Å². The van der Waals surface area contributed by atoms with E-state index in [9.17, 15) is 9.90 Å². The zero-order valence-corrected chi connectivity index (χ0v) is 7.64. The molecule has 0 saturated heterocycles. The topological polar surface area (TPSA) is 86.2 Å². The predicted octanol–water partition coefficient (Wildman–Crippen LogP) is 1.48. The summed E-state index contributed by atoms with van der Waals surface area (Å²) in [6, 6.07) is 4.48. The lowest BCUT2D eigenvalue weighted by Crippen LogP contribution is -2.00. The number of H-pyrrole nitrogens is 1. The largest absolute Gasteiger partial charge is 0.507 e. The van der Waals surface area contributed by atoms with Gasteiger partial charge in [-0.2, -0.15) is 0 Å². The Morgan fingerprint density at radius 3 is 2.80 bits per heavy atom. The number of carboxylic acid groups (broad SMARTS) is 1. The van der Waals surface area contributed by atoms with Crippen molar-refractivity contribution in [1.82, 2.24) is 9.97 Å². The monoisotopic (exact) mass is 204 g/mol. The Kier molecular flexibility index (Phi) is 2.13. The van der Waals surface area contributed by atoms with Crippen LogP contribution in [0.5, 0.6) is 5.75 Å². The van der Waals surface area contributed by atoms with Crippen molar-refractivity contribution >= 4 is 5.97 Å². The lowest BCUT2D eigenvalue weighted by Gasteiger charge is -2.04. The lowest BCUT2D eigenvalue weighted by atomic mass is 10.1. The summed E-state index contributed by atoms with van der Waals surface area (Å²) in [5.74, 6) is -1.03. The number of imidazole rings is 1. The van der Waals surface area contributed by atoms with Gasteiger partial charge in [-0.1, -0.05) is 12.1 Å². The number of aromatic carboxylic acids is 1. The number of hydrogen-bond donors (Lipinski definition) is 3.